The molecular formula is C80H108N20O22. The van der Waals surface area contributed by atoms with Gasteiger partial charge in [0.1, 0.15) is 84.8 Å². The second-order valence-electron chi connectivity index (χ2n) is 29.8. The highest BCUT2D eigenvalue weighted by atomic mass is 16.4. The maximum absolute atomic E-state index is 15.2. The zero-order valence-corrected chi connectivity index (χ0v) is 68.0. The Kier molecular flexibility index (Phi) is 39.3. The summed E-state index contributed by atoms with van der Waals surface area (Å²) in [7, 11) is 0. The molecule has 28 N–H and O–H groups in total. The van der Waals surface area contributed by atoms with Crippen molar-refractivity contribution in [1.82, 2.24) is 79.4 Å². The number of amides is 15. The molecule has 122 heavy (non-hydrogen) atoms. The predicted molar refractivity (Wildman–Crippen MR) is 437 cm³/mol. The Bertz CT molecular complexity index is 4550. The normalized spacial score (nSPS) is 14.2. The fraction of sp³-hybridized carbons (Fsp3) is 0.438. The van der Waals surface area contributed by atoms with Crippen LogP contribution in [0.4, 0.5) is 0 Å². The molecule has 0 aliphatic carbocycles. The van der Waals surface area contributed by atoms with Crippen LogP contribution in [-0.2, 0) is 112 Å². The first-order chi connectivity index (χ1) is 57.6. The minimum atomic E-state index is -2.12. The summed E-state index contributed by atoms with van der Waals surface area (Å²) >= 11 is 0. The van der Waals surface area contributed by atoms with Crippen molar-refractivity contribution in [3.63, 3.8) is 0 Å². The standard InChI is InChI=1S/C80H108N20O22/c1-40(2)30-53(70(113)88-39-65(108)109)94-71(114)52(27-28-63(104)105)91-67(110)43(6)90-79(122)66(41(3)4)100-78(121)56(32-45-18-11-8-12-19-45)97-75(118)57(34-47-38-87-51-22-14-13-20-49(47)51)98-77(120)60(37-64(106)107)99-74(117)55(33-46-23-25-48(101)26-24-46)95-73(116)54(31-44-16-9-7-10-17-44)96-76(119)59(36-62(83)103)92-68(111)42(5)89-72(115)58(35-61(82)102)93-69(112)50(81)21-15-29-86-80(84)85/h7-14,16-20,22-26,38,40-43,50,52-60,66,87,101H,15,21,27-37,39,81H2,1-6H3,(H2,82,102)(H2,83,103)(H,88,113)(H,89,115)(H,90,122)(H,91,110)(H,92,111)(H,93,112)(H,94,114)(H,95,116)(H,96,119)(H,97,118)(H,98,120)(H,99,117)(H,100,121)(H,104,105)(H,106,107)(H,108,109)(H4,84,85,86)/t42-,43-,50-,52-,53-,54-,55-,56-,57-,58-,59-,60-,66-/m0/s1. The summed E-state index contributed by atoms with van der Waals surface area (Å²) in [5.74, 6) is -22.3. The Labute approximate surface area is 700 Å². The maximum Gasteiger partial charge on any atom is 0.322 e. The van der Waals surface area contributed by atoms with Crippen molar-refractivity contribution in [2.75, 3.05) is 13.1 Å². The number of primary amides is 2. The summed E-state index contributed by atoms with van der Waals surface area (Å²) in [5.41, 5.74) is 24.3. The van der Waals surface area contributed by atoms with E-state index in [9.17, 15) is 87.2 Å². The molecule has 0 radical (unpaired) electrons. The Balaban J connectivity index is 1.45. The molecule has 0 saturated heterocycles. The minimum absolute atomic E-state index is 0.00373. The Morgan fingerprint density at radius 1 is 0.393 bits per heavy atom. The molecule has 13 atom stereocenters. The van der Waals surface area contributed by atoms with E-state index >= 15 is 14.4 Å². The van der Waals surface area contributed by atoms with E-state index in [1.54, 1.807) is 98.8 Å². The molecule has 1 heterocycles. The molecule has 0 bridgehead atoms. The number of benzene rings is 4. The first kappa shape index (κ1) is 98.5. The summed E-state index contributed by atoms with van der Waals surface area (Å²) in [4.78, 5) is 249. The lowest BCUT2D eigenvalue weighted by atomic mass is 9.99. The van der Waals surface area contributed by atoms with Crippen LogP contribution in [0.2, 0.25) is 0 Å². The number of aromatic hydroxyl groups is 1. The Hall–Kier alpha value is -14.1. The number of rotatable bonds is 51. The van der Waals surface area contributed by atoms with Crippen LogP contribution in [0.1, 0.15) is 115 Å². The first-order valence-corrected chi connectivity index (χ1v) is 39.0. The van der Waals surface area contributed by atoms with Crippen LogP contribution in [0.25, 0.3) is 10.9 Å². The molecule has 0 saturated carbocycles. The van der Waals surface area contributed by atoms with Crippen molar-refractivity contribution in [3.05, 3.63) is 138 Å². The average molecular weight is 1700 g/mol. The molecule has 42 nitrogen and oxygen atoms in total. The van der Waals surface area contributed by atoms with Gasteiger partial charge >= 0.3 is 17.9 Å². The molecule has 0 aliphatic heterocycles. The zero-order valence-electron chi connectivity index (χ0n) is 68.0. The summed E-state index contributed by atoms with van der Waals surface area (Å²) in [6, 6.07) is 6.52. The lowest BCUT2D eigenvalue weighted by molar-refractivity contribution is -0.142. The van der Waals surface area contributed by atoms with Crippen molar-refractivity contribution in [3.8, 4) is 5.75 Å². The van der Waals surface area contributed by atoms with Gasteiger partial charge in [-0.3, -0.25) is 91.7 Å². The van der Waals surface area contributed by atoms with Crippen molar-refractivity contribution in [1.29, 1.82) is 5.41 Å². The van der Waals surface area contributed by atoms with Crippen LogP contribution in [0.3, 0.4) is 0 Å². The van der Waals surface area contributed by atoms with Gasteiger partial charge in [-0.05, 0) is 91.8 Å². The van der Waals surface area contributed by atoms with Crippen LogP contribution < -0.4 is 97.4 Å². The number of aromatic nitrogens is 1. The van der Waals surface area contributed by atoms with E-state index in [4.69, 9.17) is 33.5 Å². The number of phenolic OH excluding ortho intramolecular Hbond substituents is 1. The molecule has 15 amide bonds. The molecule has 4 aromatic carbocycles. The molecule has 5 aromatic rings. The minimum Gasteiger partial charge on any atom is -0.508 e. The van der Waals surface area contributed by atoms with Gasteiger partial charge in [-0.2, -0.15) is 0 Å². The van der Waals surface area contributed by atoms with Gasteiger partial charge in [-0.1, -0.05) is 119 Å². The molecule has 0 unspecified atom stereocenters. The average Bonchev–Trinajstić information content (AvgIpc) is 1.68. The number of aliphatic carboxylic acids is 3. The number of carbonyl (C=O) groups excluding carboxylic acids is 15. The van der Waals surface area contributed by atoms with Gasteiger partial charge in [-0.15, -0.1) is 0 Å². The third kappa shape index (κ3) is 34.1. The van der Waals surface area contributed by atoms with E-state index in [1.807, 2.05) is 0 Å². The van der Waals surface area contributed by atoms with Crippen molar-refractivity contribution in [2.45, 2.75) is 197 Å². The first-order valence-electron chi connectivity index (χ1n) is 39.0. The monoisotopic (exact) mass is 1700 g/mol. The SMILES string of the molecule is CC(C)C[C@H](NC(=O)[C@H](CCC(=O)O)NC(=O)[C@H](C)NC(=O)[C@@H](NC(=O)[C@H](Cc1ccccc1)NC(=O)[C@H](Cc1c[nH]c2ccccc12)NC(=O)[C@H](CC(=O)O)NC(=O)[C@H](Cc1ccc(O)cc1)NC(=O)[C@H](Cc1ccccc1)NC(=O)[C@H](CC(N)=O)NC(=O)[C@H](C)NC(=O)[C@H](CC(N)=O)NC(=O)[C@@H](N)CCCNC(=N)N)C(C)C)C(=O)NCC(=O)O. The van der Waals surface area contributed by atoms with Gasteiger partial charge in [0.2, 0.25) is 88.6 Å². The number of H-pyrrole nitrogens is 1. The molecule has 0 spiro atoms. The van der Waals surface area contributed by atoms with Gasteiger partial charge in [-0.25, -0.2) is 0 Å². The van der Waals surface area contributed by atoms with Crippen LogP contribution in [0, 0.1) is 17.2 Å². The highest BCUT2D eigenvalue weighted by molar-refractivity contribution is 6.02. The second-order valence-corrected chi connectivity index (χ2v) is 29.8. The van der Waals surface area contributed by atoms with Crippen molar-refractivity contribution >= 4 is 123 Å². The summed E-state index contributed by atoms with van der Waals surface area (Å²) in [6.07, 6.45) is -3.82. The van der Waals surface area contributed by atoms with E-state index in [-0.39, 0.29) is 61.8 Å². The number of hydrogen-bond acceptors (Lipinski definition) is 21. The molecule has 0 fully saturated rings. The van der Waals surface area contributed by atoms with E-state index < -0.39 is 242 Å². The van der Waals surface area contributed by atoms with Crippen molar-refractivity contribution in [2.24, 2.45) is 34.8 Å². The summed E-state index contributed by atoms with van der Waals surface area (Å²) in [6.45, 7) is 8.22. The highest BCUT2D eigenvalue weighted by Gasteiger charge is 2.39. The van der Waals surface area contributed by atoms with Gasteiger partial charge < -0.3 is 123 Å². The molecule has 0 aliphatic rings. The lowest BCUT2D eigenvalue weighted by Gasteiger charge is -2.29. The summed E-state index contributed by atoms with van der Waals surface area (Å²) < 4.78 is 0. The zero-order chi connectivity index (χ0) is 90.6. The van der Waals surface area contributed by atoms with E-state index in [1.165, 1.54) is 51.2 Å². The number of nitrogens with one attached hydrogen (secondary N) is 16. The molecular weight excluding hydrogens is 1590 g/mol. The number of fused-ring (bicyclic) bond motifs is 1. The third-order valence-corrected chi connectivity index (χ3v) is 18.8. The molecule has 660 valence electrons. The number of carbonyl (C=O) groups is 18. The number of aromatic amines is 1. The smallest absolute Gasteiger partial charge is 0.322 e. The number of para-hydroxylation sites is 1. The number of carboxylic acid groups (broad SMARTS) is 3. The van der Waals surface area contributed by atoms with Gasteiger partial charge in [0.15, 0.2) is 5.96 Å². The van der Waals surface area contributed by atoms with Crippen molar-refractivity contribution < 1.29 is 107 Å². The topological polar surface area (TPSA) is 700 Å². The van der Waals surface area contributed by atoms with Gasteiger partial charge in [0, 0.05) is 55.7 Å². The van der Waals surface area contributed by atoms with E-state index in [0.29, 0.717) is 27.6 Å². The largest absolute Gasteiger partial charge is 0.508 e. The van der Waals surface area contributed by atoms with E-state index in [0.717, 1.165) is 6.92 Å². The van der Waals surface area contributed by atoms with Crippen LogP contribution >= 0.6 is 0 Å². The molecule has 42 heteroatoms. The Morgan fingerprint density at radius 2 is 0.795 bits per heavy atom. The van der Waals surface area contributed by atoms with E-state index in [2.05, 4.69) is 79.4 Å². The van der Waals surface area contributed by atoms with Crippen LogP contribution in [0.5, 0.6) is 5.75 Å². The number of hydrogen-bond donors (Lipinski definition) is 24. The van der Waals surface area contributed by atoms with Crippen LogP contribution in [0.15, 0.2) is 115 Å². The Morgan fingerprint density at radius 3 is 1.26 bits per heavy atom. The fourth-order valence-electron chi connectivity index (χ4n) is 12.4. The molecule has 5 rings (SSSR count). The maximum atomic E-state index is 15.2. The number of phenols is 1. The van der Waals surface area contributed by atoms with Gasteiger partial charge in [0.25, 0.3) is 0 Å². The summed E-state index contributed by atoms with van der Waals surface area (Å²) in [5, 5.41) is 81.3. The number of carboxylic acids is 3. The quantitative estimate of drug-likeness (QED) is 0.00993. The second kappa shape index (κ2) is 48.7. The molecule has 1 aromatic heterocycles. The van der Waals surface area contributed by atoms with Gasteiger partial charge in [0.05, 0.1) is 25.3 Å². The number of nitrogens with two attached hydrogens (primary N) is 4. The fourth-order valence-corrected chi connectivity index (χ4v) is 12.4. The predicted octanol–water partition coefficient (Wildman–Crippen LogP) is -4.41. The lowest BCUT2D eigenvalue weighted by Crippen LogP contribution is -2.62. The number of guanidine groups is 1. The van der Waals surface area contributed by atoms with Crippen LogP contribution in [-0.4, -0.2) is 230 Å². The third-order valence-electron chi connectivity index (χ3n) is 18.8. The highest BCUT2D eigenvalue weighted by Crippen LogP contribution is 2.21.